The second-order valence-electron chi connectivity index (χ2n) is 10.9. The van der Waals surface area contributed by atoms with Crippen molar-refractivity contribution in [2.24, 2.45) is 11.3 Å². The normalized spacial score (nSPS) is 21.6. The monoisotopic (exact) mass is 528 g/mol. The summed E-state index contributed by atoms with van der Waals surface area (Å²) in [5, 5.41) is 1.12. The molecule has 2 amide bonds. The van der Waals surface area contributed by atoms with Gasteiger partial charge in [0.15, 0.2) is 0 Å². The van der Waals surface area contributed by atoms with Crippen molar-refractivity contribution in [3.05, 3.63) is 63.6 Å². The Hall–Kier alpha value is -2.24. The maximum Gasteiger partial charge on any atom is 0.254 e. The Morgan fingerprint density at radius 3 is 2.36 bits per heavy atom. The number of piperidine rings is 1. The molecule has 0 N–H and O–H groups in total. The fourth-order valence-corrected chi connectivity index (χ4v) is 6.78. The van der Waals surface area contributed by atoms with E-state index in [0.29, 0.717) is 39.3 Å². The zero-order valence-electron chi connectivity index (χ0n) is 21.1. The predicted octanol–water partition coefficient (Wildman–Crippen LogP) is 6.21. The standard InChI is InChI=1S/C29H34Cl2N2O3/c1-32(2)26(34)22-9-8-21(18-25(22)31)36-17-10-20-19-28(20)13-15-33(16-14-28)27(35)29(11-5-12-29)23-6-3-4-7-24(23)30/h3-4,6-9,18,20H,5,10-17,19H2,1-2H3/t20-/m1/s1. The molecule has 1 atom stereocenters. The van der Waals surface area contributed by atoms with Crippen LogP contribution in [0.2, 0.25) is 10.0 Å². The molecule has 5 rings (SSSR count). The first-order valence-electron chi connectivity index (χ1n) is 12.9. The fraction of sp³-hybridized carbons (Fsp3) is 0.517. The molecule has 2 aromatic carbocycles. The summed E-state index contributed by atoms with van der Waals surface area (Å²) in [5.41, 5.74) is 1.42. The van der Waals surface area contributed by atoms with E-state index < -0.39 is 5.41 Å². The maximum absolute atomic E-state index is 13.6. The van der Waals surface area contributed by atoms with Gasteiger partial charge in [0.2, 0.25) is 5.91 Å². The molecule has 1 heterocycles. The Morgan fingerprint density at radius 1 is 1.03 bits per heavy atom. The lowest BCUT2D eigenvalue weighted by molar-refractivity contribution is -0.142. The van der Waals surface area contributed by atoms with Crippen LogP contribution in [0.1, 0.15) is 60.9 Å². The van der Waals surface area contributed by atoms with Gasteiger partial charge in [0.1, 0.15) is 5.75 Å². The van der Waals surface area contributed by atoms with Gasteiger partial charge in [-0.05, 0) is 79.7 Å². The van der Waals surface area contributed by atoms with Crippen LogP contribution in [0.25, 0.3) is 0 Å². The molecule has 2 saturated carbocycles. The van der Waals surface area contributed by atoms with Crippen molar-refractivity contribution in [1.82, 2.24) is 9.80 Å². The lowest BCUT2D eigenvalue weighted by atomic mass is 9.63. The lowest BCUT2D eigenvalue weighted by Crippen LogP contribution is -2.53. The average Bonchev–Trinajstić information content (AvgIpc) is 3.50. The minimum absolute atomic E-state index is 0.119. The number of nitrogens with zero attached hydrogens (tertiary/aromatic N) is 2. The Kier molecular flexibility index (Phi) is 6.99. The molecule has 2 aliphatic carbocycles. The largest absolute Gasteiger partial charge is 0.494 e. The minimum atomic E-state index is -0.423. The van der Waals surface area contributed by atoms with E-state index >= 15 is 0 Å². The van der Waals surface area contributed by atoms with Crippen molar-refractivity contribution in [1.29, 1.82) is 0 Å². The molecule has 1 saturated heterocycles. The summed E-state index contributed by atoms with van der Waals surface area (Å²) in [5.74, 6) is 1.48. The Morgan fingerprint density at radius 2 is 1.75 bits per heavy atom. The molecule has 0 bridgehead atoms. The van der Waals surface area contributed by atoms with Crippen LogP contribution in [-0.4, -0.2) is 55.4 Å². The van der Waals surface area contributed by atoms with Gasteiger partial charge >= 0.3 is 0 Å². The molecule has 0 unspecified atom stereocenters. The van der Waals surface area contributed by atoms with Crippen LogP contribution in [0.4, 0.5) is 0 Å². The molecule has 36 heavy (non-hydrogen) atoms. The highest BCUT2D eigenvalue weighted by Gasteiger charge is 2.56. The molecule has 2 aromatic rings. The number of benzene rings is 2. The van der Waals surface area contributed by atoms with E-state index in [1.165, 1.54) is 11.3 Å². The highest BCUT2D eigenvalue weighted by molar-refractivity contribution is 6.34. The van der Waals surface area contributed by atoms with Gasteiger partial charge < -0.3 is 14.5 Å². The van der Waals surface area contributed by atoms with E-state index in [1.807, 2.05) is 30.3 Å². The van der Waals surface area contributed by atoms with Crippen LogP contribution >= 0.6 is 23.2 Å². The fourth-order valence-electron chi connectivity index (χ4n) is 6.21. The first kappa shape index (κ1) is 25.4. The second-order valence-corrected chi connectivity index (χ2v) is 11.8. The van der Waals surface area contributed by atoms with Gasteiger partial charge in [0, 0.05) is 32.2 Å². The van der Waals surface area contributed by atoms with Crippen molar-refractivity contribution in [2.75, 3.05) is 33.8 Å². The Bertz CT molecular complexity index is 1150. The number of carbonyl (C=O) groups is 2. The molecular weight excluding hydrogens is 495 g/mol. The number of halogens is 2. The number of hydrogen-bond acceptors (Lipinski definition) is 3. The predicted molar refractivity (Wildman–Crippen MR) is 143 cm³/mol. The van der Waals surface area contributed by atoms with E-state index in [4.69, 9.17) is 27.9 Å². The van der Waals surface area contributed by atoms with Crippen molar-refractivity contribution in [3.63, 3.8) is 0 Å². The zero-order valence-corrected chi connectivity index (χ0v) is 22.6. The molecule has 7 heteroatoms. The van der Waals surface area contributed by atoms with Crippen LogP contribution in [0, 0.1) is 11.3 Å². The van der Waals surface area contributed by atoms with E-state index in [-0.39, 0.29) is 11.8 Å². The first-order valence-corrected chi connectivity index (χ1v) is 13.7. The number of likely N-dealkylation sites (tertiary alicyclic amines) is 1. The first-order chi connectivity index (χ1) is 17.3. The number of ether oxygens (including phenoxy) is 1. The Balaban J connectivity index is 1.12. The third kappa shape index (κ3) is 4.61. The van der Waals surface area contributed by atoms with E-state index in [2.05, 4.69) is 4.90 Å². The SMILES string of the molecule is CN(C)C(=O)c1ccc(OCC[C@@H]2CC23CCN(C(=O)C2(c4ccccc4Cl)CCC2)CC3)cc1Cl. The van der Waals surface area contributed by atoms with Gasteiger partial charge in [-0.1, -0.05) is 47.8 Å². The van der Waals surface area contributed by atoms with Crippen molar-refractivity contribution < 1.29 is 14.3 Å². The van der Waals surface area contributed by atoms with Crippen molar-refractivity contribution >= 4 is 35.0 Å². The van der Waals surface area contributed by atoms with Crippen molar-refractivity contribution in [3.8, 4) is 5.75 Å². The third-order valence-corrected chi connectivity index (χ3v) is 9.37. The van der Waals surface area contributed by atoms with Gasteiger partial charge in [-0.2, -0.15) is 0 Å². The summed E-state index contributed by atoms with van der Waals surface area (Å²) in [6, 6.07) is 13.1. The van der Waals surface area contributed by atoms with Crippen LogP contribution < -0.4 is 4.74 Å². The summed E-state index contributed by atoms with van der Waals surface area (Å²) in [6.45, 7) is 2.29. The summed E-state index contributed by atoms with van der Waals surface area (Å²) < 4.78 is 5.97. The summed E-state index contributed by atoms with van der Waals surface area (Å²) >= 11 is 12.8. The van der Waals surface area contributed by atoms with Crippen LogP contribution in [0.5, 0.6) is 5.75 Å². The third-order valence-electron chi connectivity index (χ3n) is 8.72. The van der Waals surface area contributed by atoms with Gasteiger partial charge in [-0.3, -0.25) is 9.59 Å². The summed E-state index contributed by atoms with van der Waals surface area (Å²) in [7, 11) is 3.42. The number of carbonyl (C=O) groups excluding carboxylic acids is 2. The minimum Gasteiger partial charge on any atom is -0.494 e. The number of hydrogen-bond donors (Lipinski definition) is 0. The number of amides is 2. The molecule has 0 aromatic heterocycles. The molecule has 3 fully saturated rings. The Labute approximate surface area is 223 Å². The van der Waals surface area contributed by atoms with Gasteiger partial charge in [0.05, 0.1) is 22.6 Å². The molecule has 192 valence electrons. The second kappa shape index (κ2) is 9.90. The molecule has 5 nitrogen and oxygen atoms in total. The molecule has 1 spiro atoms. The topological polar surface area (TPSA) is 49.9 Å². The molecule has 1 aliphatic heterocycles. The van der Waals surface area contributed by atoms with Crippen LogP contribution in [-0.2, 0) is 10.2 Å². The molecule has 3 aliphatic rings. The smallest absolute Gasteiger partial charge is 0.254 e. The van der Waals surface area contributed by atoms with Gasteiger partial charge in [-0.25, -0.2) is 0 Å². The lowest BCUT2D eigenvalue weighted by Gasteiger charge is -2.46. The molecule has 0 radical (unpaired) electrons. The summed E-state index contributed by atoms with van der Waals surface area (Å²) in [4.78, 5) is 29.4. The van der Waals surface area contributed by atoms with Gasteiger partial charge in [0.25, 0.3) is 5.91 Å². The van der Waals surface area contributed by atoms with Crippen molar-refractivity contribution in [2.45, 2.75) is 50.4 Å². The van der Waals surface area contributed by atoms with Gasteiger partial charge in [-0.15, -0.1) is 0 Å². The summed E-state index contributed by atoms with van der Waals surface area (Å²) in [6.07, 6.45) is 7.20. The average molecular weight is 530 g/mol. The van der Waals surface area contributed by atoms with Crippen LogP contribution in [0.15, 0.2) is 42.5 Å². The van der Waals surface area contributed by atoms with Crippen LogP contribution in [0.3, 0.4) is 0 Å². The maximum atomic E-state index is 13.6. The highest BCUT2D eigenvalue weighted by atomic mass is 35.5. The quantitative estimate of drug-likeness (QED) is 0.428. The molecular formula is C29H34Cl2N2O3. The number of rotatable bonds is 7. The van der Waals surface area contributed by atoms with E-state index in [0.717, 1.165) is 57.2 Å². The van der Waals surface area contributed by atoms with E-state index in [1.54, 1.807) is 26.2 Å². The van der Waals surface area contributed by atoms with E-state index in [9.17, 15) is 9.59 Å². The zero-order chi connectivity index (χ0) is 25.5. The highest BCUT2D eigenvalue weighted by Crippen LogP contribution is 2.61.